The number of aliphatic hydroxyl groups excluding tert-OH is 1. The predicted octanol–water partition coefficient (Wildman–Crippen LogP) is 5.11. The molecular formula is C32H45N3O6. The van der Waals surface area contributed by atoms with Crippen molar-refractivity contribution in [2.24, 2.45) is 5.92 Å². The first-order valence-corrected chi connectivity index (χ1v) is 14.5. The molecule has 4 N–H and O–H groups in total. The maximum absolute atomic E-state index is 13.2. The van der Waals surface area contributed by atoms with Gasteiger partial charge >= 0.3 is 12.2 Å². The van der Waals surface area contributed by atoms with Crippen LogP contribution in [0.5, 0.6) is 0 Å². The number of unbranched alkanes of at least 4 members (excludes halogenated alkanes) is 1. The molecule has 3 amide bonds. The minimum atomic E-state index is -0.853. The highest BCUT2D eigenvalue weighted by Crippen LogP contribution is 2.44. The molecule has 0 unspecified atom stereocenters. The zero-order chi connectivity index (χ0) is 30.0. The summed E-state index contributed by atoms with van der Waals surface area (Å²) in [7, 11) is 0. The normalized spacial score (nSPS) is 14.0. The van der Waals surface area contributed by atoms with Crippen LogP contribution in [0.2, 0.25) is 0 Å². The fourth-order valence-electron chi connectivity index (χ4n) is 5.08. The largest absolute Gasteiger partial charge is 0.449 e. The third kappa shape index (κ3) is 9.78. The van der Waals surface area contributed by atoms with E-state index in [0.29, 0.717) is 32.2 Å². The Hall–Kier alpha value is -3.59. The molecule has 1 aliphatic carbocycles. The number of hydrogen-bond acceptors (Lipinski definition) is 6. The van der Waals surface area contributed by atoms with Gasteiger partial charge in [-0.2, -0.15) is 0 Å². The number of alkyl carbamates (subject to hydrolysis) is 2. The van der Waals surface area contributed by atoms with E-state index in [0.717, 1.165) is 22.3 Å². The van der Waals surface area contributed by atoms with E-state index in [1.54, 1.807) is 20.8 Å². The first kappa shape index (κ1) is 31.9. The van der Waals surface area contributed by atoms with Crippen LogP contribution < -0.4 is 16.0 Å². The molecule has 224 valence electrons. The van der Waals surface area contributed by atoms with Gasteiger partial charge in [-0.15, -0.1) is 0 Å². The van der Waals surface area contributed by atoms with E-state index in [1.807, 2.05) is 50.2 Å². The lowest BCUT2D eigenvalue weighted by Gasteiger charge is -2.24. The Kier molecular flexibility index (Phi) is 11.6. The molecule has 0 radical (unpaired) electrons. The van der Waals surface area contributed by atoms with Gasteiger partial charge in [0.2, 0.25) is 5.91 Å². The number of fused-ring (bicyclic) bond motifs is 3. The molecule has 2 aromatic rings. The van der Waals surface area contributed by atoms with Crippen molar-refractivity contribution in [3.63, 3.8) is 0 Å². The minimum absolute atomic E-state index is 0.0934. The van der Waals surface area contributed by atoms with Gasteiger partial charge in [0.25, 0.3) is 0 Å². The number of amides is 3. The Morgan fingerprint density at radius 3 is 2.07 bits per heavy atom. The number of benzene rings is 2. The lowest BCUT2D eigenvalue weighted by molar-refractivity contribution is -0.124. The fraction of sp³-hybridized carbons (Fsp3) is 0.531. The third-order valence-corrected chi connectivity index (χ3v) is 6.86. The Labute approximate surface area is 243 Å². The highest BCUT2D eigenvalue weighted by atomic mass is 16.6. The zero-order valence-electron chi connectivity index (χ0n) is 24.9. The van der Waals surface area contributed by atoms with Gasteiger partial charge in [-0.25, -0.2) is 9.59 Å². The summed E-state index contributed by atoms with van der Waals surface area (Å²) in [6.45, 7) is 9.73. The molecular weight excluding hydrogens is 522 g/mol. The number of carbonyl (C=O) groups excluding carboxylic acids is 3. The van der Waals surface area contributed by atoms with Crippen molar-refractivity contribution < 1.29 is 29.0 Å². The molecule has 9 heteroatoms. The molecule has 0 bridgehead atoms. The standard InChI is InChI=1S/C32H45N3O6/c1-21(2)18-22(19-36)34-29(37)28(16-10-11-17-33-30(38)41-32(3,4)5)35-31(39)40-20-27-25-14-8-6-12-23(25)24-13-7-9-15-26(24)27/h6-9,12-15,21-22,27-28,36H,10-11,16-20H2,1-5H3,(H,33,38)(H,34,37)(H,35,39)/t22-,28-/m0/s1. The van der Waals surface area contributed by atoms with Gasteiger partial charge in [0.15, 0.2) is 0 Å². The van der Waals surface area contributed by atoms with Crippen LogP contribution in [-0.2, 0) is 14.3 Å². The van der Waals surface area contributed by atoms with Crippen LogP contribution in [-0.4, -0.2) is 60.6 Å². The second-order valence-electron chi connectivity index (χ2n) is 12.0. The van der Waals surface area contributed by atoms with Gasteiger partial charge in [-0.3, -0.25) is 4.79 Å². The SMILES string of the molecule is CC(C)C[C@@H](CO)NC(=O)[C@H](CCCCNC(=O)OC(C)(C)C)NC(=O)OCC1c2ccccc2-c2ccccc21. The van der Waals surface area contributed by atoms with Crippen LogP contribution in [0, 0.1) is 5.92 Å². The molecule has 0 aliphatic heterocycles. The van der Waals surface area contributed by atoms with Crippen molar-refractivity contribution >= 4 is 18.1 Å². The molecule has 0 spiro atoms. The number of aliphatic hydroxyl groups is 1. The van der Waals surface area contributed by atoms with Crippen molar-refractivity contribution in [3.8, 4) is 11.1 Å². The number of ether oxygens (including phenoxy) is 2. The number of hydrogen-bond donors (Lipinski definition) is 4. The van der Waals surface area contributed by atoms with Crippen molar-refractivity contribution in [1.29, 1.82) is 0 Å². The lowest BCUT2D eigenvalue weighted by Crippen LogP contribution is -2.51. The Balaban J connectivity index is 1.59. The summed E-state index contributed by atoms with van der Waals surface area (Å²) in [6.07, 6.45) is 0.924. The van der Waals surface area contributed by atoms with E-state index < -0.39 is 29.9 Å². The van der Waals surface area contributed by atoms with Crippen LogP contribution in [0.3, 0.4) is 0 Å². The van der Waals surface area contributed by atoms with Crippen molar-refractivity contribution in [1.82, 2.24) is 16.0 Å². The monoisotopic (exact) mass is 567 g/mol. The first-order valence-electron chi connectivity index (χ1n) is 14.5. The van der Waals surface area contributed by atoms with E-state index in [-0.39, 0.29) is 31.0 Å². The van der Waals surface area contributed by atoms with Gasteiger partial charge in [-0.1, -0.05) is 62.4 Å². The van der Waals surface area contributed by atoms with Crippen LogP contribution in [0.4, 0.5) is 9.59 Å². The Bertz CT molecular complexity index is 1130. The smallest absolute Gasteiger partial charge is 0.407 e. The number of rotatable bonds is 13. The molecule has 9 nitrogen and oxygen atoms in total. The van der Waals surface area contributed by atoms with Gasteiger partial charge in [0.05, 0.1) is 12.6 Å². The van der Waals surface area contributed by atoms with Crippen molar-refractivity contribution in [2.75, 3.05) is 19.8 Å². The van der Waals surface area contributed by atoms with E-state index in [4.69, 9.17) is 9.47 Å². The van der Waals surface area contributed by atoms with Gasteiger partial charge in [0, 0.05) is 12.5 Å². The summed E-state index contributed by atoms with van der Waals surface area (Å²) < 4.78 is 10.9. The molecule has 41 heavy (non-hydrogen) atoms. The maximum Gasteiger partial charge on any atom is 0.407 e. The van der Waals surface area contributed by atoms with Crippen LogP contribution in [0.25, 0.3) is 11.1 Å². The first-order chi connectivity index (χ1) is 19.5. The van der Waals surface area contributed by atoms with Gasteiger partial charge in [-0.05, 0) is 74.6 Å². The second kappa shape index (κ2) is 14.9. The average molecular weight is 568 g/mol. The van der Waals surface area contributed by atoms with Crippen LogP contribution >= 0.6 is 0 Å². The molecule has 3 rings (SSSR count). The van der Waals surface area contributed by atoms with Gasteiger partial charge < -0.3 is 30.5 Å². The van der Waals surface area contributed by atoms with Gasteiger partial charge in [0.1, 0.15) is 18.2 Å². The maximum atomic E-state index is 13.2. The van der Waals surface area contributed by atoms with Crippen molar-refractivity contribution in [2.45, 2.75) is 83.9 Å². The Morgan fingerprint density at radius 1 is 0.902 bits per heavy atom. The molecule has 0 heterocycles. The number of nitrogens with one attached hydrogen (secondary N) is 3. The molecule has 0 fully saturated rings. The zero-order valence-corrected chi connectivity index (χ0v) is 24.9. The van der Waals surface area contributed by atoms with Crippen molar-refractivity contribution in [3.05, 3.63) is 59.7 Å². The predicted molar refractivity (Wildman–Crippen MR) is 159 cm³/mol. The molecule has 2 atom stereocenters. The molecule has 0 aromatic heterocycles. The molecule has 0 saturated carbocycles. The van der Waals surface area contributed by atoms with E-state index >= 15 is 0 Å². The summed E-state index contributed by atoms with van der Waals surface area (Å²) >= 11 is 0. The Morgan fingerprint density at radius 2 is 1.51 bits per heavy atom. The molecule has 1 aliphatic rings. The molecule has 0 saturated heterocycles. The molecule has 2 aromatic carbocycles. The highest BCUT2D eigenvalue weighted by Gasteiger charge is 2.30. The average Bonchev–Trinajstić information content (AvgIpc) is 3.23. The second-order valence-corrected chi connectivity index (χ2v) is 12.0. The number of carbonyl (C=O) groups is 3. The van der Waals surface area contributed by atoms with E-state index in [1.165, 1.54) is 0 Å². The highest BCUT2D eigenvalue weighted by molar-refractivity contribution is 5.86. The lowest BCUT2D eigenvalue weighted by atomic mass is 9.98. The van der Waals surface area contributed by atoms with Crippen LogP contribution in [0.15, 0.2) is 48.5 Å². The summed E-state index contributed by atoms with van der Waals surface area (Å²) in [6, 6.07) is 14.9. The summed E-state index contributed by atoms with van der Waals surface area (Å²) in [5, 5.41) is 18.1. The van der Waals surface area contributed by atoms with E-state index in [2.05, 4.69) is 28.1 Å². The quantitative estimate of drug-likeness (QED) is 0.249. The summed E-state index contributed by atoms with van der Waals surface area (Å²) in [5.74, 6) is -0.192. The summed E-state index contributed by atoms with van der Waals surface area (Å²) in [4.78, 5) is 38.0. The topological polar surface area (TPSA) is 126 Å². The third-order valence-electron chi connectivity index (χ3n) is 6.86. The van der Waals surface area contributed by atoms with E-state index in [9.17, 15) is 19.5 Å². The van der Waals surface area contributed by atoms with Crippen LogP contribution in [0.1, 0.15) is 77.3 Å². The fourth-order valence-corrected chi connectivity index (χ4v) is 5.08. The minimum Gasteiger partial charge on any atom is -0.449 e. The summed E-state index contributed by atoms with van der Waals surface area (Å²) in [5.41, 5.74) is 3.89.